The fourth-order valence-electron chi connectivity index (χ4n) is 3.40. The molecule has 30 heavy (non-hydrogen) atoms. The van der Waals surface area contributed by atoms with Crippen molar-refractivity contribution >= 4 is 17.7 Å². The molecule has 0 radical (unpaired) electrons. The molecular weight excluding hydrogens is 394 g/mol. The Morgan fingerprint density at radius 2 is 1.87 bits per heavy atom. The standard InChI is InChI=1S/C20H25N3O7/c21-10-13(9-12-1-3-14(4-2-12)23-5-7-29-8-6-23)19(27)22-16-18(26)17(25)15(11-24)30-20(16)28/h1-4,9,15-18,20,24-26,28H,5-8,11H2,(H,22,27)/b13-9+/t15-,16-,17-,18-,20?/m1/s1. The molecule has 10 heteroatoms. The topological polar surface area (TPSA) is 156 Å². The largest absolute Gasteiger partial charge is 0.394 e. The van der Waals surface area contributed by atoms with E-state index in [9.17, 15) is 25.4 Å². The SMILES string of the molecule is N#C/C(=C\c1ccc(N2CCOCC2)cc1)C(=O)N[C@H]1C(O)O[C@H](CO)[C@@H](O)[C@@H]1O. The van der Waals surface area contributed by atoms with E-state index < -0.39 is 43.2 Å². The number of carbonyl (C=O) groups excluding carboxylic acids is 1. The van der Waals surface area contributed by atoms with Crippen molar-refractivity contribution in [2.75, 3.05) is 37.8 Å². The highest BCUT2D eigenvalue weighted by molar-refractivity contribution is 6.01. The summed E-state index contributed by atoms with van der Waals surface area (Å²) in [5.74, 6) is -0.837. The van der Waals surface area contributed by atoms with Crippen molar-refractivity contribution in [1.29, 1.82) is 5.26 Å². The minimum Gasteiger partial charge on any atom is -0.394 e. The van der Waals surface area contributed by atoms with Crippen molar-refractivity contribution < 1.29 is 34.7 Å². The van der Waals surface area contributed by atoms with Gasteiger partial charge in [0.1, 0.15) is 36.0 Å². The van der Waals surface area contributed by atoms with Crippen molar-refractivity contribution in [2.45, 2.75) is 30.6 Å². The number of nitrogens with one attached hydrogen (secondary N) is 1. The molecule has 0 aromatic heterocycles. The van der Waals surface area contributed by atoms with E-state index in [0.29, 0.717) is 18.8 Å². The Morgan fingerprint density at radius 3 is 2.47 bits per heavy atom. The molecule has 0 spiro atoms. The second kappa shape index (κ2) is 9.99. The van der Waals surface area contributed by atoms with E-state index >= 15 is 0 Å². The number of aliphatic hydroxyl groups excluding tert-OH is 4. The van der Waals surface area contributed by atoms with E-state index in [-0.39, 0.29) is 5.57 Å². The van der Waals surface area contributed by atoms with E-state index in [1.54, 1.807) is 18.2 Å². The molecule has 0 bridgehead atoms. The molecule has 1 aromatic carbocycles. The van der Waals surface area contributed by atoms with Crippen LogP contribution in [-0.2, 0) is 14.3 Å². The van der Waals surface area contributed by atoms with E-state index in [1.807, 2.05) is 12.1 Å². The number of carbonyl (C=O) groups is 1. The summed E-state index contributed by atoms with van der Waals surface area (Å²) in [6, 6.07) is 7.76. The summed E-state index contributed by atoms with van der Waals surface area (Å²) < 4.78 is 10.3. The molecule has 3 rings (SSSR count). The fraction of sp³-hybridized carbons (Fsp3) is 0.500. The average Bonchev–Trinajstić information content (AvgIpc) is 2.78. The summed E-state index contributed by atoms with van der Waals surface area (Å²) in [6.45, 7) is 2.30. The Bertz CT molecular complexity index is 802. The zero-order valence-electron chi connectivity index (χ0n) is 16.2. The Balaban J connectivity index is 1.68. The van der Waals surface area contributed by atoms with Gasteiger partial charge in [0.15, 0.2) is 6.29 Å². The number of ether oxygens (including phenoxy) is 2. The lowest BCUT2D eigenvalue weighted by atomic mass is 9.96. The number of hydrogen-bond acceptors (Lipinski definition) is 9. The molecule has 2 saturated heterocycles. The van der Waals surface area contributed by atoms with E-state index in [0.717, 1.165) is 18.8 Å². The average molecular weight is 419 g/mol. The van der Waals surface area contributed by atoms with Crippen LogP contribution in [0, 0.1) is 11.3 Å². The minimum absolute atomic E-state index is 0.243. The van der Waals surface area contributed by atoms with Gasteiger partial charge in [-0.2, -0.15) is 5.26 Å². The summed E-state index contributed by atoms with van der Waals surface area (Å²) in [7, 11) is 0. The first-order valence-corrected chi connectivity index (χ1v) is 9.60. The van der Waals surface area contributed by atoms with Gasteiger partial charge in [-0.3, -0.25) is 4.79 Å². The van der Waals surface area contributed by atoms with Crippen LogP contribution >= 0.6 is 0 Å². The quantitative estimate of drug-likeness (QED) is 0.279. The van der Waals surface area contributed by atoms with Gasteiger partial charge >= 0.3 is 0 Å². The highest BCUT2D eigenvalue weighted by Gasteiger charge is 2.44. The fourth-order valence-corrected chi connectivity index (χ4v) is 3.40. The van der Waals surface area contributed by atoms with Gasteiger partial charge in [-0.25, -0.2) is 0 Å². The van der Waals surface area contributed by atoms with Crippen LogP contribution < -0.4 is 10.2 Å². The maximum Gasteiger partial charge on any atom is 0.262 e. The summed E-state index contributed by atoms with van der Waals surface area (Å²) in [4.78, 5) is 14.6. The molecule has 2 heterocycles. The number of hydrogen-bond donors (Lipinski definition) is 5. The van der Waals surface area contributed by atoms with E-state index in [1.165, 1.54) is 6.08 Å². The van der Waals surface area contributed by atoms with Gasteiger partial charge in [0.25, 0.3) is 5.91 Å². The van der Waals surface area contributed by atoms with Crippen molar-refractivity contribution in [3.8, 4) is 6.07 Å². The molecule has 2 fully saturated rings. The van der Waals surface area contributed by atoms with Crippen molar-refractivity contribution in [1.82, 2.24) is 5.32 Å². The predicted molar refractivity (Wildman–Crippen MR) is 105 cm³/mol. The number of aliphatic hydroxyl groups is 4. The second-order valence-electron chi connectivity index (χ2n) is 7.09. The van der Waals surface area contributed by atoms with Gasteiger partial charge in [0.05, 0.1) is 19.8 Å². The molecule has 5 N–H and O–H groups in total. The summed E-state index contributed by atoms with van der Waals surface area (Å²) >= 11 is 0. The Labute approximate surface area is 173 Å². The first-order chi connectivity index (χ1) is 14.4. The predicted octanol–water partition coefficient (Wildman–Crippen LogP) is -1.65. The number of amides is 1. The molecule has 2 aliphatic heterocycles. The number of anilines is 1. The molecule has 1 amide bonds. The van der Waals surface area contributed by atoms with Crippen LogP contribution in [0.15, 0.2) is 29.8 Å². The van der Waals surface area contributed by atoms with Crippen molar-refractivity contribution in [3.05, 3.63) is 35.4 Å². The van der Waals surface area contributed by atoms with Crippen LogP contribution in [0.5, 0.6) is 0 Å². The molecule has 0 saturated carbocycles. The minimum atomic E-state index is -1.66. The summed E-state index contributed by atoms with van der Waals surface area (Å²) in [5, 5.41) is 50.8. The third kappa shape index (κ3) is 4.96. The van der Waals surface area contributed by atoms with Crippen molar-refractivity contribution in [2.24, 2.45) is 0 Å². The van der Waals surface area contributed by atoms with Gasteiger partial charge in [-0.05, 0) is 23.8 Å². The molecule has 5 atom stereocenters. The van der Waals surface area contributed by atoms with Gasteiger partial charge in [0, 0.05) is 18.8 Å². The van der Waals surface area contributed by atoms with Crippen LogP contribution in [0.25, 0.3) is 6.08 Å². The zero-order chi connectivity index (χ0) is 21.7. The molecule has 10 nitrogen and oxygen atoms in total. The molecule has 2 aliphatic rings. The van der Waals surface area contributed by atoms with Gasteiger partial charge < -0.3 is 40.1 Å². The number of benzene rings is 1. The lowest BCUT2D eigenvalue weighted by molar-refractivity contribution is -0.253. The first-order valence-electron chi connectivity index (χ1n) is 9.60. The number of morpholine rings is 1. The Kier molecular flexibility index (Phi) is 7.38. The molecule has 1 unspecified atom stereocenters. The molecular formula is C20H25N3O7. The first kappa shape index (κ1) is 22.2. The third-order valence-corrected chi connectivity index (χ3v) is 5.14. The van der Waals surface area contributed by atoms with Crippen molar-refractivity contribution in [3.63, 3.8) is 0 Å². The summed E-state index contributed by atoms with van der Waals surface area (Å²) in [6.07, 6.45) is -4.54. The van der Waals surface area contributed by atoms with Crippen LogP contribution in [0.2, 0.25) is 0 Å². The monoisotopic (exact) mass is 419 g/mol. The van der Waals surface area contributed by atoms with Gasteiger partial charge in [0.2, 0.25) is 0 Å². The number of rotatable bonds is 5. The third-order valence-electron chi connectivity index (χ3n) is 5.14. The Hall–Kier alpha value is -2.52. The van der Waals surface area contributed by atoms with Gasteiger partial charge in [-0.1, -0.05) is 12.1 Å². The normalized spacial score (nSPS) is 29.9. The Morgan fingerprint density at radius 1 is 1.20 bits per heavy atom. The second-order valence-corrected chi connectivity index (χ2v) is 7.09. The lowest BCUT2D eigenvalue weighted by Crippen LogP contribution is -2.64. The van der Waals surface area contributed by atoms with Crippen LogP contribution in [0.4, 0.5) is 5.69 Å². The highest BCUT2D eigenvalue weighted by atomic mass is 16.6. The molecule has 1 aromatic rings. The summed E-state index contributed by atoms with van der Waals surface area (Å²) in [5.41, 5.74) is 1.39. The maximum absolute atomic E-state index is 12.5. The molecule has 162 valence electrons. The number of nitriles is 1. The zero-order valence-corrected chi connectivity index (χ0v) is 16.2. The van der Waals surface area contributed by atoms with E-state index in [2.05, 4.69) is 10.2 Å². The maximum atomic E-state index is 12.5. The highest BCUT2D eigenvalue weighted by Crippen LogP contribution is 2.21. The van der Waals surface area contributed by atoms with Crippen LogP contribution in [0.3, 0.4) is 0 Å². The molecule has 0 aliphatic carbocycles. The smallest absolute Gasteiger partial charge is 0.262 e. The van der Waals surface area contributed by atoms with Crippen LogP contribution in [-0.4, -0.2) is 89.9 Å². The van der Waals surface area contributed by atoms with Gasteiger partial charge in [-0.15, -0.1) is 0 Å². The lowest BCUT2D eigenvalue weighted by Gasteiger charge is -2.40. The number of nitrogens with zero attached hydrogens (tertiary/aromatic N) is 2. The van der Waals surface area contributed by atoms with Crippen LogP contribution in [0.1, 0.15) is 5.56 Å². The van der Waals surface area contributed by atoms with E-state index in [4.69, 9.17) is 14.6 Å².